The van der Waals surface area contributed by atoms with Crippen LogP contribution in [0.1, 0.15) is 32.6 Å². The molecule has 0 unspecified atom stereocenters. The van der Waals surface area contributed by atoms with Gasteiger partial charge in [0.05, 0.1) is 17.7 Å². The third-order valence-electron chi connectivity index (χ3n) is 6.21. The average molecular weight is 475 g/mol. The van der Waals surface area contributed by atoms with Gasteiger partial charge in [-0.05, 0) is 55.2 Å². The molecule has 2 aromatic rings. The molecule has 2 atom stereocenters. The lowest BCUT2D eigenvalue weighted by atomic mass is 9.86. The van der Waals surface area contributed by atoms with Gasteiger partial charge in [0.2, 0.25) is 5.91 Å². The van der Waals surface area contributed by atoms with Crippen LogP contribution >= 0.6 is 0 Å². The van der Waals surface area contributed by atoms with Gasteiger partial charge in [-0.15, -0.1) is 0 Å². The fourth-order valence-electron chi connectivity index (χ4n) is 4.29. The van der Waals surface area contributed by atoms with E-state index in [1.807, 2.05) is 0 Å². The summed E-state index contributed by atoms with van der Waals surface area (Å²) in [4.78, 5) is 13.0. The van der Waals surface area contributed by atoms with Crippen LogP contribution in [0.3, 0.4) is 0 Å². The van der Waals surface area contributed by atoms with Crippen molar-refractivity contribution in [2.45, 2.75) is 43.5 Å². The molecule has 1 amide bonds. The van der Waals surface area contributed by atoms with E-state index in [2.05, 4.69) is 12.2 Å². The summed E-state index contributed by atoms with van der Waals surface area (Å²) in [6.45, 7) is 2.56. The number of amides is 1. The fourth-order valence-corrected chi connectivity index (χ4v) is 5.73. The predicted octanol–water partition coefficient (Wildman–Crippen LogP) is 3.36. The summed E-state index contributed by atoms with van der Waals surface area (Å²) < 4.78 is 44.8. The number of hydrogen-bond donors (Lipinski definition) is 1. The number of benzene rings is 2. The Morgan fingerprint density at radius 2 is 1.76 bits per heavy atom. The lowest BCUT2D eigenvalue weighted by molar-refractivity contribution is -0.120. The summed E-state index contributed by atoms with van der Waals surface area (Å²) in [7, 11) is -2.52. The molecule has 1 aliphatic carbocycles. The highest BCUT2D eigenvalue weighted by Crippen LogP contribution is 2.34. The van der Waals surface area contributed by atoms with Crippen LogP contribution in [0.25, 0.3) is 0 Å². The molecule has 0 radical (unpaired) electrons. The summed E-state index contributed by atoms with van der Waals surface area (Å²) in [6.07, 6.45) is 4.18. The van der Waals surface area contributed by atoms with Gasteiger partial charge in [-0.2, -0.15) is 0 Å². The summed E-state index contributed by atoms with van der Waals surface area (Å²) in [5.74, 6) is 1.51. The van der Waals surface area contributed by atoms with Gasteiger partial charge in [0.1, 0.15) is 25.5 Å². The van der Waals surface area contributed by atoms with Crippen molar-refractivity contribution >= 4 is 21.6 Å². The van der Waals surface area contributed by atoms with E-state index in [1.165, 1.54) is 19.2 Å². The number of sulfonamides is 1. The molecule has 2 aliphatic rings. The number of nitrogens with zero attached hydrogens (tertiary/aromatic N) is 1. The molecule has 1 saturated carbocycles. The Balaban J connectivity index is 1.63. The number of methoxy groups -OCH3 is 1. The van der Waals surface area contributed by atoms with Crippen LogP contribution in [-0.4, -0.2) is 47.2 Å². The van der Waals surface area contributed by atoms with Crippen LogP contribution in [0.5, 0.6) is 17.2 Å². The molecular formula is C24H30N2O6S. The van der Waals surface area contributed by atoms with Crippen molar-refractivity contribution in [1.82, 2.24) is 5.32 Å². The van der Waals surface area contributed by atoms with Gasteiger partial charge in [-0.3, -0.25) is 9.10 Å². The number of carbonyl (C=O) groups is 1. The molecule has 0 saturated heterocycles. The van der Waals surface area contributed by atoms with E-state index in [9.17, 15) is 13.2 Å². The minimum atomic E-state index is -4.06. The number of anilines is 1. The molecule has 1 fully saturated rings. The molecular weight excluding hydrogens is 444 g/mol. The molecule has 1 N–H and O–H groups in total. The first-order chi connectivity index (χ1) is 15.9. The fraction of sp³-hybridized carbons (Fsp3) is 0.458. The Hall–Kier alpha value is -2.94. The molecule has 2 aromatic carbocycles. The van der Waals surface area contributed by atoms with E-state index >= 15 is 0 Å². The van der Waals surface area contributed by atoms with Crippen molar-refractivity contribution in [1.29, 1.82) is 0 Å². The van der Waals surface area contributed by atoms with Crippen LogP contribution in [-0.2, 0) is 14.8 Å². The number of hydrogen-bond acceptors (Lipinski definition) is 6. The second kappa shape index (κ2) is 9.91. The molecule has 33 heavy (non-hydrogen) atoms. The Morgan fingerprint density at radius 1 is 1.06 bits per heavy atom. The smallest absolute Gasteiger partial charge is 0.264 e. The maximum Gasteiger partial charge on any atom is 0.264 e. The van der Waals surface area contributed by atoms with E-state index in [4.69, 9.17) is 14.2 Å². The van der Waals surface area contributed by atoms with Gasteiger partial charge in [-0.1, -0.05) is 19.8 Å². The van der Waals surface area contributed by atoms with Crippen LogP contribution in [0.15, 0.2) is 47.4 Å². The number of carbonyl (C=O) groups excluding carboxylic acids is 1. The summed E-state index contributed by atoms with van der Waals surface area (Å²) in [5, 5.41) is 3.05. The van der Waals surface area contributed by atoms with Gasteiger partial charge in [0, 0.05) is 12.1 Å². The maximum atomic E-state index is 13.7. The van der Waals surface area contributed by atoms with Gasteiger partial charge >= 0.3 is 0 Å². The molecule has 9 heteroatoms. The SMILES string of the molecule is COc1ccc(N(CC(=O)N[C@H]2CCCC[C@@H]2C)S(=O)(=O)c2ccc3c(c2)OCCO3)cc1. The van der Waals surface area contributed by atoms with Crippen molar-refractivity contribution < 1.29 is 27.4 Å². The van der Waals surface area contributed by atoms with E-state index in [-0.39, 0.29) is 23.4 Å². The molecule has 4 rings (SSSR count). The highest BCUT2D eigenvalue weighted by atomic mass is 32.2. The molecule has 0 spiro atoms. The van der Waals surface area contributed by atoms with E-state index in [0.717, 1.165) is 30.0 Å². The number of rotatable bonds is 7. The van der Waals surface area contributed by atoms with Crippen molar-refractivity contribution in [2.75, 3.05) is 31.2 Å². The lowest BCUT2D eigenvalue weighted by Crippen LogP contribution is -2.47. The summed E-state index contributed by atoms with van der Waals surface area (Å²) in [6, 6.07) is 11.2. The second-order valence-corrected chi connectivity index (χ2v) is 10.3. The molecule has 0 bridgehead atoms. The van der Waals surface area contributed by atoms with Gasteiger partial charge < -0.3 is 19.5 Å². The number of ether oxygens (including phenoxy) is 3. The Morgan fingerprint density at radius 3 is 2.45 bits per heavy atom. The monoisotopic (exact) mass is 474 g/mol. The number of nitrogens with one attached hydrogen (secondary N) is 1. The normalized spacial score (nSPS) is 20.1. The Bertz CT molecular complexity index is 1090. The molecule has 1 heterocycles. The highest BCUT2D eigenvalue weighted by molar-refractivity contribution is 7.92. The first-order valence-corrected chi connectivity index (χ1v) is 12.7. The van der Waals surface area contributed by atoms with Crippen LogP contribution in [0.4, 0.5) is 5.69 Å². The molecule has 178 valence electrons. The lowest BCUT2D eigenvalue weighted by Gasteiger charge is -2.31. The topological polar surface area (TPSA) is 94.2 Å². The van der Waals surface area contributed by atoms with Crippen molar-refractivity contribution in [2.24, 2.45) is 5.92 Å². The Labute approximate surface area is 194 Å². The first-order valence-electron chi connectivity index (χ1n) is 11.2. The average Bonchev–Trinajstić information content (AvgIpc) is 2.83. The van der Waals surface area contributed by atoms with E-state index in [0.29, 0.717) is 42.1 Å². The van der Waals surface area contributed by atoms with Crippen LogP contribution in [0, 0.1) is 5.92 Å². The van der Waals surface area contributed by atoms with E-state index < -0.39 is 10.0 Å². The largest absolute Gasteiger partial charge is 0.497 e. The van der Waals surface area contributed by atoms with Gasteiger partial charge in [0.15, 0.2) is 11.5 Å². The standard InChI is InChI=1S/C24H30N2O6S/c1-17-5-3-4-6-21(17)25-24(27)16-26(18-7-9-19(30-2)10-8-18)33(28,29)20-11-12-22-23(15-20)32-14-13-31-22/h7-12,15,17,21H,3-6,13-14,16H2,1-2H3,(H,25,27)/t17-,21-/m0/s1. The minimum Gasteiger partial charge on any atom is -0.497 e. The number of fused-ring (bicyclic) bond motifs is 1. The predicted molar refractivity (Wildman–Crippen MR) is 125 cm³/mol. The van der Waals surface area contributed by atoms with Crippen molar-refractivity contribution in [3.63, 3.8) is 0 Å². The molecule has 0 aromatic heterocycles. The third-order valence-corrected chi connectivity index (χ3v) is 7.98. The highest BCUT2D eigenvalue weighted by Gasteiger charge is 2.30. The van der Waals surface area contributed by atoms with Crippen molar-refractivity contribution in [3.05, 3.63) is 42.5 Å². The van der Waals surface area contributed by atoms with Gasteiger partial charge in [0.25, 0.3) is 10.0 Å². The molecule has 8 nitrogen and oxygen atoms in total. The zero-order valence-electron chi connectivity index (χ0n) is 19.0. The van der Waals surface area contributed by atoms with Crippen LogP contribution < -0.4 is 23.8 Å². The van der Waals surface area contributed by atoms with Crippen molar-refractivity contribution in [3.8, 4) is 17.2 Å². The zero-order valence-corrected chi connectivity index (χ0v) is 19.8. The zero-order chi connectivity index (χ0) is 23.4. The quantitative estimate of drug-likeness (QED) is 0.661. The third kappa shape index (κ3) is 5.19. The molecule has 1 aliphatic heterocycles. The van der Waals surface area contributed by atoms with E-state index in [1.54, 1.807) is 30.3 Å². The van der Waals surface area contributed by atoms with Gasteiger partial charge in [-0.25, -0.2) is 8.42 Å². The summed E-state index contributed by atoms with van der Waals surface area (Å²) >= 11 is 0. The second-order valence-electron chi connectivity index (χ2n) is 8.45. The Kier molecular flexibility index (Phi) is 6.97. The first kappa shape index (κ1) is 23.2. The van der Waals surface area contributed by atoms with Crippen LogP contribution in [0.2, 0.25) is 0 Å². The summed E-state index contributed by atoms with van der Waals surface area (Å²) in [5.41, 5.74) is 0.373. The minimum absolute atomic E-state index is 0.0291. The maximum absolute atomic E-state index is 13.7.